The lowest BCUT2D eigenvalue weighted by atomic mass is 9.83. The largest absolute Gasteiger partial charge is 0.466 e. The van der Waals surface area contributed by atoms with Crippen LogP contribution in [-0.2, 0) is 42.9 Å². The lowest BCUT2D eigenvalue weighted by molar-refractivity contribution is -0.219. The molecule has 3 rings (SSSR count). The van der Waals surface area contributed by atoms with Gasteiger partial charge in [-0.3, -0.25) is 14.4 Å². The monoisotopic (exact) mass is 494 g/mol. The van der Waals surface area contributed by atoms with Crippen LogP contribution in [0.15, 0.2) is 29.2 Å². The Labute approximate surface area is 202 Å². The Balaban J connectivity index is 2.06. The van der Waals surface area contributed by atoms with Crippen LogP contribution >= 0.6 is 11.8 Å². The highest BCUT2D eigenvalue weighted by molar-refractivity contribution is 8.01. The zero-order valence-corrected chi connectivity index (χ0v) is 20.7. The van der Waals surface area contributed by atoms with Gasteiger partial charge >= 0.3 is 23.9 Å². The Hall–Kier alpha value is -2.59. The van der Waals surface area contributed by atoms with Crippen LogP contribution in [0, 0.1) is 12.8 Å². The molecule has 2 aliphatic heterocycles. The molecule has 2 heterocycles. The van der Waals surface area contributed by atoms with E-state index in [-0.39, 0.29) is 12.8 Å². The maximum absolute atomic E-state index is 13.1. The summed E-state index contributed by atoms with van der Waals surface area (Å²) in [5.74, 6) is -2.76. The molecular weight excluding hydrogens is 464 g/mol. The van der Waals surface area contributed by atoms with E-state index in [1.165, 1.54) is 21.0 Å². The average Bonchev–Trinajstić information content (AvgIpc) is 3.16. The fraction of sp³-hybridized carbons (Fsp3) is 0.583. The van der Waals surface area contributed by atoms with Gasteiger partial charge in [-0.05, 0) is 25.5 Å². The molecule has 0 radical (unpaired) electrons. The summed E-state index contributed by atoms with van der Waals surface area (Å²) in [5, 5.41) is 0. The number of methoxy groups -OCH3 is 1. The van der Waals surface area contributed by atoms with Gasteiger partial charge in [-0.1, -0.05) is 36.4 Å². The van der Waals surface area contributed by atoms with Crippen LogP contribution in [0.1, 0.15) is 45.6 Å². The van der Waals surface area contributed by atoms with Gasteiger partial charge in [0.25, 0.3) is 0 Å². The van der Waals surface area contributed by atoms with Crippen LogP contribution in [0.5, 0.6) is 0 Å². The van der Waals surface area contributed by atoms with Crippen LogP contribution in [0.2, 0.25) is 0 Å². The van der Waals surface area contributed by atoms with Gasteiger partial charge in [0.1, 0.15) is 18.3 Å². The molecule has 2 aliphatic rings. The van der Waals surface area contributed by atoms with E-state index >= 15 is 0 Å². The van der Waals surface area contributed by atoms with E-state index in [4.69, 9.17) is 23.7 Å². The number of carbonyl (C=O) groups is 4. The fourth-order valence-corrected chi connectivity index (χ4v) is 5.64. The molecule has 10 heteroatoms. The molecule has 1 aromatic carbocycles. The van der Waals surface area contributed by atoms with Gasteiger partial charge in [0.2, 0.25) is 4.93 Å². The van der Waals surface area contributed by atoms with Crippen molar-refractivity contribution in [3.05, 3.63) is 29.8 Å². The Morgan fingerprint density at radius 1 is 1.15 bits per heavy atom. The topological polar surface area (TPSA) is 114 Å². The minimum Gasteiger partial charge on any atom is -0.466 e. The second kappa shape index (κ2) is 10.8. The molecule has 0 saturated carbocycles. The van der Waals surface area contributed by atoms with E-state index in [1.54, 1.807) is 6.92 Å². The number of benzene rings is 1. The third-order valence-corrected chi connectivity index (χ3v) is 7.16. The second-order valence-electron chi connectivity index (χ2n) is 8.47. The number of hydrogen-bond donors (Lipinski definition) is 0. The van der Waals surface area contributed by atoms with Crippen molar-refractivity contribution in [1.82, 2.24) is 0 Å². The van der Waals surface area contributed by atoms with Gasteiger partial charge in [-0.25, -0.2) is 4.79 Å². The minimum atomic E-state index is -1.58. The smallest absolute Gasteiger partial charge is 0.349 e. The molecule has 0 spiro atoms. The zero-order chi connectivity index (χ0) is 25.0. The van der Waals surface area contributed by atoms with Crippen molar-refractivity contribution in [3.8, 4) is 0 Å². The van der Waals surface area contributed by atoms with Crippen molar-refractivity contribution in [1.29, 1.82) is 0 Å². The Morgan fingerprint density at radius 2 is 1.79 bits per heavy atom. The molecule has 6 atom stereocenters. The van der Waals surface area contributed by atoms with E-state index in [2.05, 4.69) is 0 Å². The molecule has 0 aromatic heterocycles. The molecule has 186 valence electrons. The van der Waals surface area contributed by atoms with E-state index < -0.39 is 59.1 Å². The summed E-state index contributed by atoms with van der Waals surface area (Å²) in [4.78, 5) is 48.3. The fourth-order valence-electron chi connectivity index (χ4n) is 4.41. The number of fused-ring (bicyclic) bond motifs is 1. The number of rotatable bonds is 8. The van der Waals surface area contributed by atoms with E-state index in [0.29, 0.717) is 6.42 Å². The first-order chi connectivity index (χ1) is 16.1. The Morgan fingerprint density at radius 3 is 2.35 bits per heavy atom. The van der Waals surface area contributed by atoms with E-state index in [0.717, 1.165) is 22.2 Å². The van der Waals surface area contributed by atoms with Gasteiger partial charge in [-0.2, -0.15) is 0 Å². The summed E-state index contributed by atoms with van der Waals surface area (Å²) in [6, 6.07) is 7.52. The summed E-state index contributed by atoms with van der Waals surface area (Å²) in [7, 11) is 1.25. The number of hydrogen-bond acceptors (Lipinski definition) is 10. The molecule has 1 aromatic rings. The summed E-state index contributed by atoms with van der Waals surface area (Å²) in [5.41, 5.74) is 1.05. The van der Waals surface area contributed by atoms with Gasteiger partial charge in [-0.15, -0.1) is 0 Å². The van der Waals surface area contributed by atoms with Crippen molar-refractivity contribution >= 4 is 35.6 Å². The van der Waals surface area contributed by atoms with Crippen molar-refractivity contribution < 1.29 is 42.9 Å². The van der Waals surface area contributed by atoms with Gasteiger partial charge in [0.15, 0.2) is 6.10 Å². The first-order valence-corrected chi connectivity index (χ1v) is 12.0. The van der Waals surface area contributed by atoms with Crippen LogP contribution in [0.25, 0.3) is 0 Å². The highest BCUT2D eigenvalue weighted by Gasteiger charge is 2.60. The number of carbonyl (C=O) groups excluding carboxylic acids is 4. The molecule has 2 fully saturated rings. The predicted octanol–water partition coefficient (Wildman–Crippen LogP) is 2.95. The SMILES string of the molecule is CC[C@@H](OC(C)=O)[C@@H](OC(C)=O)C1O[C@@](Sc2ccc(C)cc2)(C(=O)OC)C[C@H]2OC(=O)C[C@@H]12. The average molecular weight is 495 g/mol. The lowest BCUT2D eigenvalue weighted by Crippen LogP contribution is -2.59. The number of thioether (sulfide) groups is 1. The summed E-state index contributed by atoms with van der Waals surface area (Å²) < 4.78 is 28.1. The maximum atomic E-state index is 13.1. The Bertz CT molecular complexity index is 931. The minimum absolute atomic E-state index is 0.0239. The summed E-state index contributed by atoms with van der Waals surface area (Å²) in [6.07, 6.45) is -3.14. The zero-order valence-electron chi connectivity index (χ0n) is 19.9. The van der Waals surface area contributed by atoms with Crippen molar-refractivity contribution in [3.63, 3.8) is 0 Å². The van der Waals surface area contributed by atoms with Crippen LogP contribution in [0.3, 0.4) is 0 Å². The van der Waals surface area contributed by atoms with Crippen LogP contribution in [-0.4, -0.2) is 60.3 Å². The number of ether oxygens (including phenoxy) is 5. The Kier molecular flexibility index (Phi) is 8.25. The highest BCUT2D eigenvalue weighted by Crippen LogP contribution is 2.50. The molecule has 34 heavy (non-hydrogen) atoms. The van der Waals surface area contributed by atoms with Crippen LogP contribution in [0.4, 0.5) is 0 Å². The lowest BCUT2D eigenvalue weighted by Gasteiger charge is -2.46. The molecule has 2 saturated heterocycles. The van der Waals surface area contributed by atoms with E-state index in [1.807, 2.05) is 31.2 Å². The normalized spacial score (nSPS) is 27.7. The van der Waals surface area contributed by atoms with Crippen molar-refractivity contribution in [2.24, 2.45) is 5.92 Å². The molecular formula is C24H30O9S. The first-order valence-electron chi connectivity index (χ1n) is 11.1. The quantitative estimate of drug-likeness (QED) is 0.395. The van der Waals surface area contributed by atoms with Crippen molar-refractivity contribution in [2.45, 2.75) is 81.2 Å². The molecule has 0 bridgehead atoms. The van der Waals surface area contributed by atoms with Crippen LogP contribution < -0.4 is 0 Å². The van der Waals surface area contributed by atoms with E-state index in [9.17, 15) is 19.2 Å². The van der Waals surface area contributed by atoms with Gasteiger partial charge < -0.3 is 23.7 Å². The highest BCUT2D eigenvalue weighted by atomic mass is 32.2. The predicted molar refractivity (Wildman–Crippen MR) is 121 cm³/mol. The third kappa shape index (κ3) is 5.72. The number of esters is 4. The van der Waals surface area contributed by atoms with Gasteiger partial charge in [0, 0.05) is 31.1 Å². The standard InChI is InChI=1S/C24H30O9S/c1-6-18(30-14(3)25)22(31-15(4)26)21-17-11-20(27)32-19(17)12-24(33-21,23(28)29-5)34-16-9-7-13(2)8-10-16/h7-10,17-19,21-22H,6,11-12H2,1-5H3/t17-,18-,19-,21?,22-,24+/m1/s1. The molecule has 0 amide bonds. The maximum Gasteiger partial charge on any atom is 0.349 e. The second-order valence-corrected chi connectivity index (χ2v) is 9.81. The molecule has 1 unspecified atom stereocenters. The third-order valence-electron chi connectivity index (χ3n) is 5.89. The van der Waals surface area contributed by atoms with Crippen molar-refractivity contribution in [2.75, 3.05) is 7.11 Å². The first kappa shape index (κ1) is 26.0. The summed E-state index contributed by atoms with van der Waals surface area (Å²) >= 11 is 1.14. The van der Waals surface area contributed by atoms with Gasteiger partial charge in [0.05, 0.1) is 13.5 Å². The molecule has 9 nitrogen and oxygen atoms in total. The summed E-state index contributed by atoms with van der Waals surface area (Å²) in [6.45, 7) is 6.21. The molecule has 0 N–H and O–H groups in total. The molecule has 0 aliphatic carbocycles. The number of aryl methyl sites for hydroxylation is 1.